The van der Waals surface area contributed by atoms with Crippen LogP contribution in [0.5, 0.6) is 5.75 Å². The van der Waals surface area contributed by atoms with E-state index < -0.39 is 30.5 Å². The number of imide groups is 2. The lowest BCUT2D eigenvalue weighted by Gasteiger charge is -2.26. The molecule has 1 heterocycles. The van der Waals surface area contributed by atoms with Crippen molar-refractivity contribution >= 4 is 29.9 Å². The molecular formula is C23H22N2O7. The first-order chi connectivity index (χ1) is 15.4. The van der Waals surface area contributed by atoms with Gasteiger partial charge in [0.25, 0.3) is 11.8 Å². The molecule has 0 aliphatic carbocycles. The second-order valence-electron chi connectivity index (χ2n) is 6.77. The molecule has 3 rings (SSSR count). The Kier molecular flexibility index (Phi) is 7.71. The Morgan fingerprint density at radius 1 is 1.03 bits per heavy atom. The number of hydrogen-bond acceptors (Lipinski definition) is 7. The quantitative estimate of drug-likeness (QED) is 0.277. The number of nitrogens with zero attached hydrogens (tertiary/aromatic N) is 1. The highest BCUT2D eigenvalue weighted by atomic mass is 16.6. The van der Waals surface area contributed by atoms with Crippen LogP contribution in [0.1, 0.15) is 18.1 Å². The molecule has 0 unspecified atom stereocenters. The van der Waals surface area contributed by atoms with E-state index >= 15 is 0 Å². The predicted octanol–water partition coefficient (Wildman–Crippen LogP) is 2.26. The van der Waals surface area contributed by atoms with E-state index in [0.717, 1.165) is 10.5 Å². The highest BCUT2D eigenvalue weighted by molar-refractivity contribution is 6.30. The predicted molar refractivity (Wildman–Crippen MR) is 113 cm³/mol. The average molecular weight is 438 g/mol. The third-order valence-corrected chi connectivity index (χ3v) is 4.36. The summed E-state index contributed by atoms with van der Waals surface area (Å²) in [5.74, 6) is -1.49. The molecule has 32 heavy (non-hydrogen) atoms. The SMILES string of the molecule is CC(=O)OCCOCN1C(=O)NC(=O)/C(=C/c2cccc(OCc3ccccc3)c2)C1=O. The molecule has 9 nitrogen and oxygen atoms in total. The third-order valence-electron chi connectivity index (χ3n) is 4.36. The van der Waals surface area contributed by atoms with Crippen LogP contribution in [0, 0.1) is 0 Å². The molecule has 1 fully saturated rings. The van der Waals surface area contributed by atoms with Gasteiger partial charge in [0.05, 0.1) is 6.61 Å². The molecule has 4 amide bonds. The van der Waals surface area contributed by atoms with Crippen molar-refractivity contribution in [2.45, 2.75) is 13.5 Å². The molecule has 1 saturated heterocycles. The number of rotatable bonds is 9. The maximum Gasteiger partial charge on any atom is 0.333 e. The molecule has 1 aliphatic rings. The van der Waals surface area contributed by atoms with Crippen molar-refractivity contribution in [3.8, 4) is 5.75 Å². The van der Waals surface area contributed by atoms with Gasteiger partial charge in [0, 0.05) is 6.92 Å². The number of hydrogen-bond donors (Lipinski definition) is 1. The van der Waals surface area contributed by atoms with Crippen LogP contribution in [0.15, 0.2) is 60.2 Å². The molecule has 0 saturated carbocycles. The summed E-state index contributed by atoms with van der Waals surface area (Å²) in [7, 11) is 0. The first-order valence-corrected chi connectivity index (χ1v) is 9.81. The van der Waals surface area contributed by atoms with Gasteiger partial charge in [0.1, 0.15) is 31.3 Å². The lowest BCUT2D eigenvalue weighted by molar-refractivity contribution is -0.144. The maximum atomic E-state index is 12.7. The highest BCUT2D eigenvalue weighted by Crippen LogP contribution is 2.19. The largest absolute Gasteiger partial charge is 0.489 e. The monoisotopic (exact) mass is 438 g/mol. The number of nitrogens with one attached hydrogen (secondary N) is 1. The summed E-state index contributed by atoms with van der Waals surface area (Å²) in [5, 5.41) is 2.11. The zero-order valence-corrected chi connectivity index (χ0v) is 17.4. The number of benzene rings is 2. The van der Waals surface area contributed by atoms with Crippen LogP contribution >= 0.6 is 0 Å². The first kappa shape index (κ1) is 22.7. The van der Waals surface area contributed by atoms with Gasteiger partial charge in [-0.2, -0.15) is 0 Å². The van der Waals surface area contributed by atoms with Crippen LogP contribution in [-0.4, -0.2) is 48.7 Å². The van der Waals surface area contributed by atoms with E-state index in [1.807, 2.05) is 30.3 Å². The fraction of sp³-hybridized carbons (Fsp3) is 0.217. The molecular weight excluding hydrogens is 416 g/mol. The lowest BCUT2D eigenvalue weighted by atomic mass is 10.1. The van der Waals surface area contributed by atoms with Crippen molar-refractivity contribution in [2.75, 3.05) is 19.9 Å². The highest BCUT2D eigenvalue weighted by Gasteiger charge is 2.35. The van der Waals surface area contributed by atoms with Crippen molar-refractivity contribution in [1.29, 1.82) is 0 Å². The first-order valence-electron chi connectivity index (χ1n) is 9.81. The standard InChI is InChI=1S/C23H22N2O7/c1-16(26)31-11-10-30-15-25-22(28)20(21(27)24-23(25)29)13-18-8-5-9-19(12-18)32-14-17-6-3-2-4-7-17/h2-9,12-13H,10-11,14-15H2,1H3,(H,24,27,29)/b20-13-. The number of urea groups is 1. The van der Waals surface area contributed by atoms with Gasteiger partial charge < -0.3 is 14.2 Å². The Bertz CT molecular complexity index is 1030. The molecule has 9 heteroatoms. The van der Waals surface area contributed by atoms with Crippen molar-refractivity contribution in [3.63, 3.8) is 0 Å². The summed E-state index contributed by atoms with van der Waals surface area (Å²) in [5.41, 5.74) is 1.34. The number of ether oxygens (including phenoxy) is 3. The Hall–Kier alpha value is -3.98. The molecule has 2 aromatic rings. The summed E-state index contributed by atoms with van der Waals surface area (Å²) in [4.78, 5) is 48.5. The molecule has 0 aromatic heterocycles. The zero-order valence-electron chi connectivity index (χ0n) is 17.4. The van der Waals surface area contributed by atoms with Gasteiger partial charge in [0.15, 0.2) is 0 Å². The van der Waals surface area contributed by atoms with E-state index in [2.05, 4.69) is 5.32 Å². The van der Waals surface area contributed by atoms with Gasteiger partial charge in [-0.15, -0.1) is 0 Å². The number of esters is 1. The third kappa shape index (κ3) is 6.26. The van der Waals surface area contributed by atoms with E-state index in [4.69, 9.17) is 14.2 Å². The summed E-state index contributed by atoms with van der Waals surface area (Å²) < 4.78 is 15.7. The number of amides is 4. The Labute approximate surface area is 184 Å². The molecule has 1 aliphatic heterocycles. The van der Waals surface area contributed by atoms with Gasteiger partial charge in [-0.1, -0.05) is 42.5 Å². The number of carbonyl (C=O) groups is 4. The van der Waals surface area contributed by atoms with E-state index in [1.165, 1.54) is 13.0 Å². The van der Waals surface area contributed by atoms with Crippen molar-refractivity contribution in [2.24, 2.45) is 0 Å². The maximum absolute atomic E-state index is 12.7. The summed E-state index contributed by atoms with van der Waals surface area (Å²) in [6.45, 7) is 1.21. The zero-order chi connectivity index (χ0) is 22.9. The fourth-order valence-corrected chi connectivity index (χ4v) is 2.81. The fourth-order valence-electron chi connectivity index (χ4n) is 2.81. The second-order valence-corrected chi connectivity index (χ2v) is 6.77. The summed E-state index contributed by atoms with van der Waals surface area (Å²) in [6.07, 6.45) is 1.38. The minimum atomic E-state index is -0.885. The van der Waals surface area contributed by atoms with Crippen LogP contribution in [0.25, 0.3) is 6.08 Å². The van der Waals surface area contributed by atoms with Crippen LogP contribution in [0.4, 0.5) is 4.79 Å². The molecule has 166 valence electrons. The van der Waals surface area contributed by atoms with Crippen LogP contribution in [0.2, 0.25) is 0 Å². The molecule has 2 aromatic carbocycles. The smallest absolute Gasteiger partial charge is 0.333 e. The average Bonchev–Trinajstić information content (AvgIpc) is 2.78. The normalized spacial score (nSPS) is 15.0. The van der Waals surface area contributed by atoms with Gasteiger partial charge in [-0.25, -0.2) is 9.69 Å². The van der Waals surface area contributed by atoms with Crippen molar-refractivity contribution in [1.82, 2.24) is 10.2 Å². The second kappa shape index (κ2) is 10.9. The molecule has 0 atom stereocenters. The van der Waals surface area contributed by atoms with E-state index in [0.29, 0.717) is 17.9 Å². The number of carbonyl (C=O) groups excluding carboxylic acids is 4. The molecule has 0 radical (unpaired) electrons. The molecule has 0 bridgehead atoms. The van der Waals surface area contributed by atoms with E-state index in [-0.39, 0.29) is 18.8 Å². The van der Waals surface area contributed by atoms with Crippen LogP contribution in [-0.2, 0) is 30.5 Å². The Morgan fingerprint density at radius 2 is 1.81 bits per heavy atom. The topological polar surface area (TPSA) is 111 Å². The van der Waals surface area contributed by atoms with Crippen LogP contribution < -0.4 is 10.1 Å². The number of barbiturate groups is 1. The summed E-state index contributed by atoms with van der Waals surface area (Å²) >= 11 is 0. The Morgan fingerprint density at radius 3 is 2.56 bits per heavy atom. The molecule has 1 N–H and O–H groups in total. The van der Waals surface area contributed by atoms with Crippen molar-refractivity contribution in [3.05, 3.63) is 71.3 Å². The van der Waals surface area contributed by atoms with Gasteiger partial charge in [0.2, 0.25) is 0 Å². The van der Waals surface area contributed by atoms with Gasteiger partial charge in [-0.3, -0.25) is 19.7 Å². The minimum Gasteiger partial charge on any atom is -0.489 e. The lowest BCUT2D eigenvalue weighted by Crippen LogP contribution is -2.54. The Balaban J connectivity index is 1.66. The van der Waals surface area contributed by atoms with Gasteiger partial charge >= 0.3 is 12.0 Å². The van der Waals surface area contributed by atoms with Crippen molar-refractivity contribution < 1.29 is 33.4 Å². The van der Waals surface area contributed by atoms with E-state index in [1.54, 1.807) is 24.3 Å². The minimum absolute atomic E-state index is 0.00949. The summed E-state index contributed by atoms with van der Waals surface area (Å²) in [6, 6.07) is 15.6. The van der Waals surface area contributed by atoms with Crippen LogP contribution in [0.3, 0.4) is 0 Å². The van der Waals surface area contributed by atoms with E-state index in [9.17, 15) is 19.2 Å². The van der Waals surface area contributed by atoms with Gasteiger partial charge in [-0.05, 0) is 29.3 Å². The molecule has 0 spiro atoms.